The number of hydrogen-bond acceptors (Lipinski definition) is 4. The van der Waals surface area contributed by atoms with Crippen LogP contribution in [0.4, 0.5) is 0 Å². The van der Waals surface area contributed by atoms with Crippen LogP contribution in [0.3, 0.4) is 0 Å². The van der Waals surface area contributed by atoms with Gasteiger partial charge in [0, 0.05) is 0 Å². The Labute approximate surface area is 114 Å². The van der Waals surface area contributed by atoms with E-state index in [2.05, 4.69) is 0 Å². The number of carbonyl (C=O) groups is 1. The first-order chi connectivity index (χ1) is 8.79. The summed E-state index contributed by atoms with van der Waals surface area (Å²) in [5.41, 5.74) is -0.573. The molecule has 0 heterocycles. The first-order valence-corrected chi connectivity index (χ1v) is 7.90. The van der Waals surface area contributed by atoms with Crippen molar-refractivity contribution in [2.45, 2.75) is 32.1 Å². The molecule has 0 unspecified atom stereocenters. The molecule has 106 valence electrons. The van der Waals surface area contributed by atoms with Crippen molar-refractivity contribution < 1.29 is 17.9 Å². The van der Waals surface area contributed by atoms with Crippen molar-refractivity contribution in [2.75, 3.05) is 12.4 Å². The molecule has 19 heavy (non-hydrogen) atoms. The van der Waals surface area contributed by atoms with E-state index in [9.17, 15) is 13.2 Å². The van der Waals surface area contributed by atoms with Gasteiger partial charge in [-0.15, -0.1) is 0 Å². The summed E-state index contributed by atoms with van der Waals surface area (Å²) in [4.78, 5) is 12.0. The maximum Gasteiger partial charge on any atom is 0.311 e. The molecule has 1 aromatic carbocycles. The fourth-order valence-corrected chi connectivity index (χ4v) is 2.44. The monoisotopic (exact) mass is 284 g/mol. The topological polar surface area (TPSA) is 60.4 Å². The van der Waals surface area contributed by atoms with E-state index in [1.54, 1.807) is 32.0 Å². The minimum absolute atomic E-state index is 0.112. The number of ether oxygens (including phenoxy) is 1. The lowest BCUT2D eigenvalue weighted by atomic mass is 9.91. The Balaban J connectivity index is 2.57. The molecule has 0 amide bonds. The molecule has 0 radical (unpaired) electrons. The molecule has 0 aliphatic heterocycles. The molecule has 0 saturated heterocycles. The molecule has 4 nitrogen and oxygen atoms in total. The standard InChI is InChI=1S/C14H20O4S/c1-4-14(2,3)13(15)18-10-11-19(16,17)12-8-6-5-7-9-12/h5-9H,4,10-11H2,1-3H3. The lowest BCUT2D eigenvalue weighted by Gasteiger charge is -2.20. The van der Waals surface area contributed by atoms with Crippen LogP contribution in [0.1, 0.15) is 27.2 Å². The Kier molecular flexibility index (Phi) is 5.11. The summed E-state index contributed by atoms with van der Waals surface area (Å²) in [6, 6.07) is 8.15. The van der Waals surface area contributed by atoms with Gasteiger partial charge < -0.3 is 4.74 Å². The highest BCUT2D eigenvalue weighted by atomic mass is 32.2. The second-order valence-electron chi connectivity index (χ2n) is 5.01. The van der Waals surface area contributed by atoms with Gasteiger partial charge in [-0.2, -0.15) is 0 Å². The smallest absolute Gasteiger partial charge is 0.311 e. The molecule has 0 atom stereocenters. The lowest BCUT2D eigenvalue weighted by molar-refractivity contribution is -0.153. The molecule has 0 aliphatic carbocycles. The maximum atomic E-state index is 11.9. The van der Waals surface area contributed by atoms with Crippen LogP contribution in [0, 0.1) is 5.41 Å². The summed E-state index contributed by atoms with van der Waals surface area (Å²) in [7, 11) is -3.39. The number of rotatable bonds is 6. The van der Waals surface area contributed by atoms with Crippen LogP contribution < -0.4 is 0 Å². The third-order valence-electron chi connectivity index (χ3n) is 3.12. The molecule has 0 saturated carbocycles. The van der Waals surface area contributed by atoms with Gasteiger partial charge in [0.15, 0.2) is 9.84 Å². The van der Waals surface area contributed by atoms with Crippen LogP contribution in [0.5, 0.6) is 0 Å². The quantitative estimate of drug-likeness (QED) is 0.753. The minimum Gasteiger partial charge on any atom is -0.464 e. The van der Waals surface area contributed by atoms with Crippen LogP contribution in [0.25, 0.3) is 0 Å². The lowest BCUT2D eigenvalue weighted by Crippen LogP contribution is -2.27. The fraction of sp³-hybridized carbons (Fsp3) is 0.500. The first-order valence-electron chi connectivity index (χ1n) is 6.24. The predicted octanol–water partition coefficient (Wildman–Crippen LogP) is 2.44. The average molecular weight is 284 g/mol. The van der Waals surface area contributed by atoms with Crippen molar-refractivity contribution in [3.8, 4) is 0 Å². The molecule has 0 aromatic heterocycles. The van der Waals surface area contributed by atoms with Crippen LogP contribution in [0.15, 0.2) is 35.2 Å². The van der Waals surface area contributed by atoms with Gasteiger partial charge >= 0.3 is 5.97 Å². The number of hydrogen-bond donors (Lipinski definition) is 0. The number of carbonyl (C=O) groups excluding carboxylic acids is 1. The molecular weight excluding hydrogens is 264 g/mol. The van der Waals surface area contributed by atoms with Crippen LogP contribution in [-0.4, -0.2) is 26.7 Å². The molecule has 0 spiro atoms. The van der Waals surface area contributed by atoms with E-state index in [1.807, 2.05) is 6.92 Å². The van der Waals surface area contributed by atoms with Crippen molar-refractivity contribution in [3.63, 3.8) is 0 Å². The SMILES string of the molecule is CCC(C)(C)C(=O)OCCS(=O)(=O)c1ccccc1. The van der Waals surface area contributed by atoms with Gasteiger partial charge in [0.25, 0.3) is 0 Å². The Morgan fingerprint density at radius 2 is 1.79 bits per heavy atom. The molecule has 0 aliphatic rings. The van der Waals surface area contributed by atoms with E-state index in [4.69, 9.17) is 4.74 Å². The number of benzene rings is 1. The van der Waals surface area contributed by atoms with Crippen LogP contribution in [-0.2, 0) is 19.4 Å². The molecule has 0 N–H and O–H groups in total. The Bertz CT molecular complexity index is 518. The Hall–Kier alpha value is -1.36. The summed E-state index contributed by atoms with van der Waals surface area (Å²) in [6.45, 7) is 5.34. The zero-order valence-corrected chi connectivity index (χ0v) is 12.4. The van der Waals surface area contributed by atoms with Crippen molar-refractivity contribution in [3.05, 3.63) is 30.3 Å². The van der Waals surface area contributed by atoms with Gasteiger partial charge in [-0.3, -0.25) is 4.79 Å². The Morgan fingerprint density at radius 3 is 2.32 bits per heavy atom. The second-order valence-corrected chi connectivity index (χ2v) is 7.11. The van der Waals surface area contributed by atoms with Crippen molar-refractivity contribution in [1.29, 1.82) is 0 Å². The highest BCUT2D eigenvalue weighted by molar-refractivity contribution is 7.91. The fourth-order valence-electron chi connectivity index (χ4n) is 1.33. The third-order valence-corrected chi connectivity index (χ3v) is 4.82. The minimum atomic E-state index is -3.39. The summed E-state index contributed by atoms with van der Waals surface area (Å²) >= 11 is 0. The van der Waals surface area contributed by atoms with Gasteiger partial charge in [0.1, 0.15) is 6.61 Å². The van der Waals surface area contributed by atoms with E-state index in [-0.39, 0.29) is 23.2 Å². The van der Waals surface area contributed by atoms with Gasteiger partial charge in [-0.25, -0.2) is 8.42 Å². The van der Waals surface area contributed by atoms with Gasteiger partial charge in [-0.05, 0) is 32.4 Å². The van der Waals surface area contributed by atoms with E-state index < -0.39 is 15.3 Å². The summed E-state index contributed by atoms with van der Waals surface area (Å²) < 4.78 is 28.9. The zero-order valence-electron chi connectivity index (χ0n) is 11.5. The molecule has 0 bridgehead atoms. The van der Waals surface area contributed by atoms with Crippen molar-refractivity contribution in [2.24, 2.45) is 5.41 Å². The van der Waals surface area contributed by atoms with E-state index in [1.165, 1.54) is 12.1 Å². The second kappa shape index (κ2) is 6.19. The molecular formula is C14H20O4S. The van der Waals surface area contributed by atoms with E-state index in [0.717, 1.165) is 0 Å². The zero-order chi connectivity index (χ0) is 14.5. The van der Waals surface area contributed by atoms with Gasteiger partial charge in [0.05, 0.1) is 16.1 Å². The van der Waals surface area contributed by atoms with Gasteiger partial charge in [0.2, 0.25) is 0 Å². The summed E-state index contributed by atoms with van der Waals surface area (Å²) in [5.74, 6) is -0.555. The largest absolute Gasteiger partial charge is 0.464 e. The normalized spacial score (nSPS) is 12.2. The van der Waals surface area contributed by atoms with Gasteiger partial charge in [-0.1, -0.05) is 25.1 Å². The summed E-state index contributed by atoms with van der Waals surface area (Å²) in [6.07, 6.45) is 0.650. The van der Waals surface area contributed by atoms with Crippen LogP contribution in [0.2, 0.25) is 0 Å². The first kappa shape index (κ1) is 15.7. The van der Waals surface area contributed by atoms with Crippen molar-refractivity contribution >= 4 is 15.8 Å². The van der Waals surface area contributed by atoms with Crippen LogP contribution >= 0.6 is 0 Å². The molecule has 0 fully saturated rings. The summed E-state index contributed by atoms with van der Waals surface area (Å²) in [5, 5.41) is 0. The average Bonchev–Trinajstić information content (AvgIpc) is 2.39. The molecule has 1 aromatic rings. The third kappa shape index (κ3) is 4.35. The van der Waals surface area contributed by atoms with Crippen molar-refractivity contribution in [1.82, 2.24) is 0 Å². The number of sulfone groups is 1. The molecule has 5 heteroatoms. The predicted molar refractivity (Wildman–Crippen MR) is 73.5 cm³/mol. The maximum absolute atomic E-state index is 11.9. The highest BCUT2D eigenvalue weighted by Crippen LogP contribution is 2.21. The highest BCUT2D eigenvalue weighted by Gasteiger charge is 2.27. The Morgan fingerprint density at radius 1 is 1.21 bits per heavy atom. The molecule has 1 rings (SSSR count). The number of esters is 1. The van der Waals surface area contributed by atoms with E-state index in [0.29, 0.717) is 6.42 Å². The van der Waals surface area contributed by atoms with E-state index >= 15 is 0 Å².